The van der Waals surface area contributed by atoms with Gasteiger partial charge in [-0.1, -0.05) is 27.5 Å². The maximum Gasteiger partial charge on any atom is 0.253 e. The number of rotatable bonds is 3. The molecule has 0 heterocycles. The number of halogens is 2. The lowest BCUT2D eigenvalue weighted by Crippen LogP contribution is -2.42. The second-order valence-electron chi connectivity index (χ2n) is 3.22. The summed E-state index contributed by atoms with van der Waals surface area (Å²) in [5.41, 5.74) is 5.33. The van der Waals surface area contributed by atoms with Crippen LogP contribution in [0.25, 0.3) is 0 Å². The number of amides is 2. The Bertz CT molecular complexity index is 437. The van der Waals surface area contributed by atoms with Gasteiger partial charge in [-0.2, -0.15) is 0 Å². The molecule has 1 unspecified atom stereocenters. The summed E-state index contributed by atoms with van der Waals surface area (Å²) in [4.78, 5) is 22.4. The van der Waals surface area contributed by atoms with Gasteiger partial charge in [-0.05, 0) is 25.1 Å². The fourth-order valence-corrected chi connectivity index (χ4v) is 1.78. The Labute approximate surface area is 106 Å². The van der Waals surface area contributed by atoms with E-state index in [1.54, 1.807) is 18.2 Å². The molecule has 0 radical (unpaired) electrons. The van der Waals surface area contributed by atoms with E-state index in [2.05, 4.69) is 21.2 Å². The first-order chi connectivity index (χ1) is 7.41. The molecule has 0 saturated carbocycles. The summed E-state index contributed by atoms with van der Waals surface area (Å²) in [6.07, 6.45) is 0. The Balaban J connectivity index is 2.85. The van der Waals surface area contributed by atoms with Crippen LogP contribution < -0.4 is 11.1 Å². The van der Waals surface area contributed by atoms with E-state index in [4.69, 9.17) is 17.3 Å². The molecule has 0 aromatic heterocycles. The van der Waals surface area contributed by atoms with E-state index in [1.807, 2.05) is 0 Å². The fraction of sp³-hybridized carbons (Fsp3) is 0.200. The molecule has 0 fully saturated rings. The van der Waals surface area contributed by atoms with Crippen molar-refractivity contribution in [3.8, 4) is 0 Å². The van der Waals surface area contributed by atoms with E-state index < -0.39 is 17.9 Å². The number of hydrogen-bond acceptors (Lipinski definition) is 2. The zero-order valence-corrected chi connectivity index (χ0v) is 10.8. The molecule has 0 aliphatic heterocycles. The van der Waals surface area contributed by atoms with Gasteiger partial charge < -0.3 is 11.1 Å². The van der Waals surface area contributed by atoms with E-state index in [1.165, 1.54) is 6.92 Å². The summed E-state index contributed by atoms with van der Waals surface area (Å²) >= 11 is 9.11. The second kappa shape index (κ2) is 5.32. The van der Waals surface area contributed by atoms with Crippen molar-refractivity contribution in [1.82, 2.24) is 5.32 Å². The van der Waals surface area contributed by atoms with Crippen molar-refractivity contribution >= 4 is 39.3 Å². The van der Waals surface area contributed by atoms with Crippen molar-refractivity contribution in [3.63, 3.8) is 0 Å². The third-order valence-electron chi connectivity index (χ3n) is 1.95. The Morgan fingerprint density at radius 1 is 1.50 bits per heavy atom. The first kappa shape index (κ1) is 13.0. The summed E-state index contributed by atoms with van der Waals surface area (Å²) < 4.78 is 0.775. The van der Waals surface area contributed by atoms with Crippen LogP contribution in [0.1, 0.15) is 17.3 Å². The number of carbonyl (C=O) groups excluding carboxylic acids is 2. The van der Waals surface area contributed by atoms with Gasteiger partial charge in [0.25, 0.3) is 5.91 Å². The number of primary amides is 1. The zero-order valence-electron chi connectivity index (χ0n) is 8.46. The zero-order chi connectivity index (χ0) is 12.3. The summed E-state index contributed by atoms with van der Waals surface area (Å²) in [7, 11) is 0. The number of hydrogen-bond donors (Lipinski definition) is 2. The van der Waals surface area contributed by atoms with E-state index in [9.17, 15) is 9.59 Å². The highest BCUT2D eigenvalue weighted by molar-refractivity contribution is 9.10. The molecule has 1 atom stereocenters. The molecule has 0 bridgehead atoms. The lowest BCUT2D eigenvalue weighted by atomic mass is 10.2. The monoisotopic (exact) mass is 304 g/mol. The van der Waals surface area contributed by atoms with Gasteiger partial charge in [0.1, 0.15) is 6.04 Å². The van der Waals surface area contributed by atoms with Crippen LogP contribution in [-0.2, 0) is 4.79 Å². The van der Waals surface area contributed by atoms with Gasteiger partial charge in [0.15, 0.2) is 0 Å². The smallest absolute Gasteiger partial charge is 0.253 e. The van der Waals surface area contributed by atoms with Crippen LogP contribution in [-0.4, -0.2) is 17.9 Å². The van der Waals surface area contributed by atoms with Gasteiger partial charge in [-0.3, -0.25) is 9.59 Å². The molecule has 1 aromatic rings. The molecule has 1 aromatic carbocycles. The molecule has 0 aliphatic carbocycles. The predicted molar refractivity (Wildman–Crippen MR) is 65.3 cm³/mol. The minimum absolute atomic E-state index is 0.304. The fourth-order valence-electron chi connectivity index (χ4n) is 1.02. The third kappa shape index (κ3) is 3.21. The minimum Gasteiger partial charge on any atom is -0.368 e. The average molecular weight is 306 g/mol. The molecule has 0 aliphatic rings. The van der Waals surface area contributed by atoms with Crippen molar-refractivity contribution < 1.29 is 9.59 Å². The predicted octanol–water partition coefficient (Wildman–Crippen LogP) is 1.71. The molecule has 0 saturated heterocycles. The van der Waals surface area contributed by atoms with Crippen LogP contribution in [0, 0.1) is 0 Å². The molecule has 2 amide bonds. The molecule has 6 heteroatoms. The van der Waals surface area contributed by atoms with E-state index in [-0.39, 0.29) is 0 Å². The minimum atomic E-state index is -0.729. The molecule has 16 heavy (non-hydrogen) atoms. The summed E-state index contributed by atoms with van der Waals surface area (Å²) in [6, 6.07) is 4.13. The average Bonchev–Trinajstić information content (AvgIpc) is 2.16. The van der Waals surface area contributed by atoms with Crippen molar-refractivity contribution in [1.29, 1.82) is 0 Å². The van der Waals surface area contributed by atoms with E-state index in [0.29, 0.717) is 10.6 Å². The van der Waals surface area contributed by atoms with Crippen molar-refractivity contribution in [2.75, 3.05) is 0 Å². The van der Waals surface area contributed by atoms with E-state index in [0.717, 1.165) is 4.47 Å². The lowest BCUT2D eigenvalue weighted by molar-refractivity contribution is -0.119. The highest BCUT2D eigenvalue weighted by Crippen LogP contribution is 2.21. The Hall–Kier alpha value is -1.07. The van der Waals surface area contributed by atoms with Crippen molar-refractivity contribution in [3.05, 3.63) is 33.3 Å². The lowest BCUT2D eigenvalue weighted by Gasteiger charge is -2.11. The van der Waals surface area contributed by atoms with E-state index >= 15 is 0 Å². The third-order valence-corrected chi connectivity index (χ3v) is 2.76. The molecule has 1 rings (SSSR count). The summed E-state index contributed by atoms with van der Waals surface area (Å²) in [6.45, 7) is 1.51. The number of nitrogens with two attached hydrogens (primary N) is 1. The van der Waals surface area contributed by atoms with Crippen LogP contribution in [0.2, 0.25) is 5.02 Å². The standard InChI is InChI=1S/C10H10BrClN2O2/c1-5(9(13)15)14-10(16)7-3-2-6(11)4-8(7)12/h2-5H,1H3,(H2,13,15)(H,14,16). The van der Waals surface area contributed by atoms with Gasteiger partial charge in [0.05, 0.1) is 10.6 Å². The quantitative estimate of drug-likeness (QED) is 0.892. The van der Waals surface area contributed by atoms with Gasteiger partial charge in [0, 0.05) is 4.47 Å². The highest BCUT2D eigenvalue weighted by Gasteiger charge is 2.15. The summed E-state index contributed by atoms with van der Waals surface area (Å²) in [5.74, 6) is -1.02. The van der Waals surface area contributed by atoms with Gasteiger partial charge >= 0.3 is 0 Å². The number of carbonyl (C=O) groups is 2. The Morgan fingerprint density at radius 2 is 2.12 bits per heavy atom. The Kier molecular flexibility index (Phi) is 4.32. The van der Waals surface area contributed by atoms with Crippen molar-refractivity contribution in [2.45, 2.75) is 13.0 Å². The molecular weight excluding hydrogens is 295 g/mol. The van der Waals surface area contributed by atoms with Crippen LogP contribution in [0.4, 0.5) is 0 Å². The van der Waals surface area contributed by atoms with Gasteiger partial charge in [0.2, 0.25) is 5.91 Å². The Morgan fingerprint density at radius 3 is 2.62 bits per heavy atom. The van der Waals surface area contributed by atoms with Crippen molar-refractivity contribution in [2.24, 2.45) is 5.73 Å². The van der Waals surface area contributed by atoms with Gasteiger partial charge in [-0.25, -0.2) is 0 Å². The molecule has 0 spiro atoms. The first-order valence-corrected chi connectivity index (χ1v) is 5.64. The molecular formula is C10H10BrClN2O2. The molecule has 86 valence electrons. The van der Waals surface area contributed by atoms with Gasteiger partial charge in [-0.15, -0.1) is 0 Å². The first-order valence-electron chi connectivity index (χ1n) is 4.47. The maximum absolute atomic E-state index is 11.7. The maximum atomic E-state index is 11.7. The van der Waals surface area contributed by atoms with Crippen LogP contribution in [0.3, 0.4) is 0 Å². The number of nitrogens with one attached hydrogen (secondary N) is 1. The van der Waals surface area contributed by atoms with Crippen LogP contribution in [0.15, 0.2) is 22.7 Å². The normalized spacial score (nSPS) is 11.9. The second-order valence-corrected chi connectivity index (χ2v) is 4.54. The summed E-state index contributed by atoms with van der Waals surface area (Å²) in [5, 5.41) is 2.75. The molecule has 4 nitrogen and oxygen atoms in total. The SMILES string of the molecule is CC(NC(=O)c1ccc(Br)cc1Cl)C(N)=O. The van der Waals surface area contributed by atoms with Crippen LogP contribution in [0.5, 0.6) is 0 Å². The topological polar surface area (TPSA) is 72.2 Å². The molecule has 3 N–H and O–H groups in total. The number of benzene rings is 1. The van der Waals surface area contributed by atoms with Crippen LogP contribution >= 0.6 is 27.5 Å². The highest BCUT2D eigenvalue weighted by atomic mass is 79.9. The largest absolute Gasteiger partial charge is 0.368 e.